The van der Waals surface area contributed by atoms with Crippen LogP contribution in [0.1, 0.15) is 23.2 Å². The van der Waals surface area contributed by atoms with Gasteiger partial charge in [0.15, 0.2) is 0 Å². The summed E-state index contributed by atoms with van der Waals surface area (Å²) in [5.74, 6) is 1.03. The molecule has 0 aliphatic carbocycles. The Bertz CT molecular complexity index is 1170. The van der Waals surface area contributed by atoms with Crippen LogP contribution in [0.3, 0.4) is 0 Å². The summed E-state index contributed by atoms with van der Waals surface area (Å²) >= 11 is 6.13. The number of hydrogen-bond acceptors (Lipinski definition) is 5. The molecule has 9 heteroatoms. The van der Waals surface area contributed by atoms with Gasteiger partial charge in [-0.2, -0.15) is 0 Å². The number of unbranched alkanes of at least 4 members (excludes halogenated alkanes) is 1. The Morgan fingerprint density at radius 3 is 2.36 bits per heavy atom. The molecule has 2 N–H and O–H groups in total. The van der Waals surface area contributed by atoms with Gasteiger partial charge in [0.2, 0.25) is 0 Å². The number of nitrogens with one attached hydrogen (secondary N) is 2. The van der Waals surface area contributed by atoms with Gasteiger partial charge in [0, 0.05) is 17.8 Å². The zero-order valence-electron chi connectivity index (χ0n) is 18.1. The molecule has 0 aromatic heterocycles. The Balaban J connectivity index is 1.55. The molecule has 3 aromatic rings. The number of para-hydroxylation sites is 1. The summed E-state index contributed by atoms with van der Waals surface area (Å²) in [5, 5.41) is 2.81. The van der Waals surface area contributed by atoms with Crippen LogP contribution in [0.2, 0.25) is 5.02 Å². The minimum absolute atomic E-state index is 0.0191. The number of methoxy groups -OCH3 is 1. The third-order valence-corrected chi connectivity index (χ3v) is 6.56. The van der Waals surface area contributed by atoms with Crippen LogP contribution in [0.4, 0.5) is 5.69 Å². The number of carbonyl (C=O) groups excluding carboxylic acids is 1. The van der Waals surface area contributed by atoms with Crippen molar-refractivity contribution in [2.45, 2.75) is 17.7 Å². The molecule has 0 aliphatic rings. The summed E-state index contributed by atoms with van der Waals surface area (Å²) in [4.78, 5) is 12.3. The molecule has 0 fully saturated rings. The van der Waals surface area contributed by atoms with Crippen molar-refractivity contribution in [3.05, 3.63) is 83.4 Å². The van der Waals surface area contributed by atoms with Crippen LogP contribution in [0.15, 0.2) is 77.7 Å². The van der Waals surface area contributed by atoms with Gasteiger partial charge in [0.25, 0.3) is 15.9 Å². The fourth-order valence-electron chi connectivity index (χ4n) is 2.96. The van der Waals surface area contributed by atoms with Crippen LogP contribution in [0.25, 0.3) is 0 Å². The van der Waals surface area contributed by atoms with Crippen LogP contribution in [0, 0.1) is 0 Å². The van der Waals surface area contributed by atoms with Gasteiger partial charge in [-0.3, -0.25) is 9.52 Å². The van der Waals surface area contributed by atoms with Crippen LogP contribution in [-0.4, -0.2) is 34.6 Å². The number of ether oxygens (including phenoxy) is 2. The third-order valence-electron chi connectivity index (χ3n) is 4.69. The van der Waals surface area contributed by atoms with Crippen molar-refractivity contribution in [2.24, 2.45) is 0 Å². The number of amides is 1. The van der Waals surface area contributed by atoms with E-state index < -0.39 is 10.0 Å². The van der Waals surface area contributed by atoms with Gasteiger partial charge in [0.05, 0.1) is 18.7 Å². The second kappa shape index (κ2) is 11.6. The molecule has 3 aromatic carbocycles. The lowest BCUT2D eigenvalue weighted by atomic mass is 10.2. The normalized spacial score (nSPS) is 11.0. The van der Waals surface area contributed by atoms with Crippen LogP contribution in [-0.2, 0) is 10.0 Å². The van der Waals surface area contributed by atoms with E-state index in [1.54, 1.807) is 24.3 Å². The van der Waals surface area contributed by atoms with E-state index in [0.29, 0.717) is 24.6 Å². The maximum absolute atomic E-state index is 12.8. The Morgan fingerprint density at radius 1 is 0.939 bits per heavy atom. The zero-order chi connectivity index (χ0) is 23.7. The SMILES string of the molecule is COc1ccc(NS(=O)(=O)c2cc(C(=O)NCCCCOc3ccccc3)ccc2Cl)cc1. The third kappa shape index (κ3) is 7.13. The van der Waals surface area contributed by atoms with Crippen LogP contribution in [0.5, 0.6) is 11.5 Å². The van der Waals surface area contributed by atoms with E-state index in [2.05, 4.69) is 10.0 Å². The molecular weight excluding hydrogens is 464 g/mol. The quantitative estimate of drug-likeness (QED) is 0.380. The maximum atomic E-state index is 12.8. The van der Waals surface area contributed by atoms with Gasteiger partial charge in [-0.25, -0.2) is 8.42 Å². The van der Waals surface area contributed by atoms with E-state index in [4.69, 9.17) is 21.1 Å². The fourth-order valence-corrected chi connectivity index (χ4v) is 4.54. The maximum Gasteiger partial charge on any atom is 0.263 e. The summed E-state index contributed by atoms with van der Waals surface area (Å²) in [6.45, 7) is 0.978. The zero-order valence-corrected chi connectivity index (χ0v) is 19.7. The van der Waals surface area contributed by atoms with E-state index in [9.17, 15) is 13.2 Å². The van der Waals surface area contributed by atoms with Gasteiger partial charge < -0.3 is 14.8 Å². The second-order valence-electron chi connectivity index (χ2n) is 7.10. The second-order valence-corrected chi connectivity index (χ2v) is 9.16. The first-order valence-electron chi connectivity index (χ1n) is 10.3. The van der Waals surface area contributed by atoms with Crippen molar-refractivity contribution >= 4 is 33.2 Å². The van der Waals surface area contributed by atoms with Gasteiger partial charge in [-0.1, -0.05) is 29.8 Å². The number of carbonyl (C=O) groups is 1. The lowest BCUT2D eigenvalue weighted by molar-refractivity contribution is 0.0952. The molecule has 7 nitrogen and oxygen atoms in total. The molecule has 0 saturated carbocycles. The Kier molecular flexibility index (Phi) is 8.57. The summed E-state index contributed by atoms with van der Waals surface area (Å²) in [6, 6.07) is 20.1. The highest BCUT2D eigenvalue weighted by Crippen LogP contribution is 2.26. The molecule has 0 heterocycles. The summed E-state index contributed by atoms with van der Waals surface area (Å²) in [6.07, 6.45) is 1.48. The monoisotopic (exact) mass is 488 g/mol. The first-order valence-corrected chi connectivity index (χ1v) is 12.2. The van der Waals surface area contributed by atoms with Crippen LogP contribution < -0.4 is 19.5 Å². The summed E-state index contributed by atoms with van der Waals surface area (Å²) in [5.41, 5.74) is 0.550. The Hall–Kier alpha value is -3.23. The minimum Gasteiger partial charge on any atom is -0.497 e. The highest BCUT2D eigenvalue weighted by Gasteiger charge is 2.20. The van der Waals surface area contributed by atoms with Gasteiger partial charge >= 0.3 is 0 Å². The lowest BCUT2D eigenvalue weighted by Gasteiger charge is -2.12. The predicted octanol–water partition coefficient (Wildman–Crippen LogP) is 4.74. The average molecular weight is 489 g/mol. The predicted molar refractivity (Wildman–Crippen MR) is 129 cm³/mol. The van der Waals surface area contributed by atoms with E-state index in [0.717, 1.165) is 18.6 Å². The minimum atomic E-state index is -4.00. The van der Waals surface area contributed by atoms with E-state index in [-0.39, 0.29) is 21.4 Å². The summed E-state index contributed by atoms with van der Waals surface area (Å²) < 4.78 is 38.8. The van der Waals surface area contributed by atoms with Crippen molar-refractivity contribution in [3.63, 3.8) is 0 Å². The van der Waals surface area contributed by atoms with Crippen molar-refractivity contribution in [1.29, 1.82) is 0 Å². The van der Waals surface area contributed by atoms with E-state index >= 15 is 0 Å². The van der Waals surface area contributed by atoms with Crippen molar-refractivity contribution in [3.8, 4) is 11.5 Å². The van der Waals surface area contributed by atoms with Crippen LogP contribution >= 0.6 is 11.6 Å². The highest BCUT2D eigenvalue weighted by molar-refractivity contribution is 7.92. The van der Waals surface area contributed by atoms with E-state index in [1.807, 2.05) is 30.3 Å². The molecule has 0 saturated heterocycles. The molecule has 174 valence electrons. The molecular formula is C24H25ClN2O5S. The molecule has 0 atom stereocenters. The highest BCUT2D eigenvalue weighted by atomic mass is 35.5. The standard InChI is InChI=1S/C24H25ClN2O5S/c1-31-20-12-10-19(11-13-20)27-33(29,30)23-17-18(9-14-22(23)25)24(28)26-15-5-6-16-32-21-7-3-2-4-8-21/h2-4,7-14,17,27H,5-6,15-16H2,1H3,(H,26,28). The van der Waals surface area contributed by atoms with Gasteiger partial charge in [0.1, 0.15) is 16.4 Å². The molecule has 0 radical (unpaired) electrons. The number of halogens is 1. The number of rotatable bonds is 11. The molecule has 0 bridgehead atoms. The molecule has 3 rings (SSSR count). The van der Waals surface area contributed by atoms with Crippen molar-refractivity contribution in [1.82, 2.24) is 5.32 Å². The first kappa shape index (κ1) is 24.4. The molecule has 33 heavy (non-hydrogen) atoms. The first-order chi connectivity index (χ1) is 15.9. The number of benzene rings is 3. The topological polar surface area (TPSA) is 93.7 Å². The van der Waals surface area contributed by atoms with Gasteiger partial charge in [-0.05, 0) is 67.4 Å². The number of anilines is 1. The molecule has 1 amide bonds. The average Bonchev–Trinajstić information content (AvgIpc) is 2.82. The smallest absolute Gasteiger partial charge is 0.263 e. The molecule has 0 aliphatic heterocycles. The van der Waals surface area contributed by atoms with Gasteiger partial charge in [-0.15, -0.1) is 0 Å². The van der Waals surface area contributed by atoms with E-state index in [1.165, 1.54) is 25.3 Å². The number of hydrogen-bond donors (Lipinski definition) is 2. The Labute approximate surface area is 198 Å². The van der Waals surface area contributed by atoms with Crippen molar-refractivity contribution < 1.29 is 22.7 Å². The molecule has 0 spiro atoms. The largest absolute Gasteiger partial charge is 0.497 e. The fraction of sp³-hybridized carbons (Fsp3) is 0.208. The van der Waals surface area contributed by atoms with Crippen molar-refractivity contribution in [2.75, 3.05) is 25.0 Å². The lowest BCUT2D eigenvalue weighted by Crippen LogP contribution is -2.25. The Morgan fingerprint density at radius 2 is 1.67 bits per heavy atom. The summed E-state index contributed by atoms with van der Waals surface area (Å²) in [7, 11) is -2.48. The number of sulfonamides is 1. The molecule has 0 unspecified atom stereocenters.